The molecule has 108 valence electrons. The lowest BCUT2D eigenvalue weighted by Crippen LogP contribution is -1.88. The maximum atomic E-state index is 3.64. The summed E-state index contributed by atoms with van der Waals surface area (Å²) in [4.78, 5) is 0. The molecule has 1 aliphatic rings. The monoisotopic (exact) mass is 276 g/mol. The SMILES string of the molecule is C=C=Cc1c(C)cccc1C1CC1.Cc1ccc(C)cc1. The summed E-state index contributed by atoms with van der Waals surface area (Å²) in [7, 11) is 0. The second kappa shape index (κ2) is 7.11. The smallest absolute Gasteiger partial charge is 0.0115 e. The molecule has 2 aromatic rings. The molecule has 0 amide bonds. The first-order valence-electron chi connectivity index (χ1n) is 7.60. The van der Waals surface area contributed by atoms with Gasteiger partial charge in [-0.1, -0.05) is 60.2 Å². The predicted octanol–water partition coefficient (Wildman–Crippen LogP) is 5.97. The molecule has 0 aromatic heterocycles. The molecule has 0 spiro atoms. The standard InChI is InChI=1S/C13H14.C8H10/c1-3-5-12-10(2)6-4-7-13(12)11-8-9-11;1-7-3-5-8(2)6-4-7/h4-7,11H,1,8-9H2,2H3;3-6H,1-2H3. The number of rotatable bonds is 2. The summed E-state index contributed by atoms with van der Waals surface area (Å²) in [5.74, 6) is 0.805. The van der Waals surface area contributed by atoms with Crippen molar-refractivity contribution < 1.29 is 0 Å². The summed E-state index contributed by atoms with van der Waals surface area (Å²) >= 11 is 0. The van der Waals surface area contributed by atoms with Gasteiger partial charge in [-0.15, -0.1) is 5.73 Å². The molecule has 3 rings (SSSR count). The molecule has 0 nitrogen and oxygen atoms in total. The molecular weight excluding hydrogens is 252 g/mol. The van der Waals surface area contributed by atoms with E-state index in [2.05, 4.69) is 75.5 Å². The molecule has 1 saturated carbocycles. The van der Waals surface area contributed by atoms with Gasteiger partial charge >= 0.3 is 0 Å². The van der Waals surface area contributed by atoms with Crippen LogP contribution in [0.2, 0.25) is 0 Å². The summed E-state index contributed by atoms with van der Waals surface area (Å²) in [6.07, 6.45) is 4.70. The largest absolute Gasteiger partial charge is 0.128 e. The van der Waals surface area contributed by atoms with Crippen LogP contribution in [0.4, 0.5) is 0 Å². The Labute approximate surface area is 128 Å². The van der Waals surface area contributed by atoms with Gasteiger partial charge < -0.3 is 0 Å². The number of hydrogen-bond donors (Lipinski definition) is 0. The third-order valence-corrected chi connectivity index (χ3v) is 3.84. The van der Waals surface area contributed by atoms with Crippen molar-refractivity contribution in [3.8, 4) is 0 Å². The maximum Gasteiger partial charge on any atom is -0.0115 e. The van der Waals surface area contributed by atoms with Crippen LogP contribution in [0.15, 0.2) is 54.8 Å². The number of aryl methyl sites for hydroxylation is 3. The molecule has 0 atom stereocenters. The molecule has 0 radical (unpaired) electrons. The fraction of sp³-hybridized carbons (Fsp3) is 0.286. The fourth-order valence-electron chi connectivity index (χ4n) is 2.39. The Balaban J connectivity index is 0.000000173. The Morgan fingerprint density at radius 3 is 2.00 bits per heavy atom. The molecule has 0 aliphatic heterocycles. The molecule has 0 heteroatoms. The third-order valence-electron chi connectivity index (χ3n) is 3.84. The first kappa shape index (κ1) is 15.4. The van der Waals surface area contributed by atoms with E-state index in [9.17, 15) is 0 Å². The van der Waals surface area contributed by atoms with Gasteiger partial charge in [0.1, 0.15) is 0 Å². The highest BCUT2D eigenvalue weighted by Gasteiger charge is 2.25. The highest BCUT2D eigenvalue weighted by molar-refractivity contribution is 5.58. The van der Waals surface area contributed by atoms with E-state index in [-0.39, 0.29) is 0 Å². The van der Waals surface area contributed by atoms with Gasteiger partial charge in [0.25, 0.3) is 0 Å². The minimum Gasteiger partial charge on any atom is -0.128 e. The van der Waals surface area contributed by atoms with E-state index in [1.165, 1.54) is 40.7 Å². The normalized spacial score (nSPS) is 12.9. The van der Waals surface area contributed by atoms with Crippen LogP contribution in [0.3, 0.4) is 0 Å². The van der Waals surface area contributed by atoms with E-state index in [1.807, 2.05) is 6.08 Å². The van der Waals surface area contributed by atoms with E-state index in [0.717, 1.165) is 5.92 Å². The van der Waals surface area contributed by atoms with Gasteiger partial charge in [-0.3, -0.25) is 0 Å². The summed E-state index contributed by atoms with van der Waals surface area (Å²) in [6, 6.07) is 15.0. The summed E-state index contributed by atoms with van der Waals surface area (Å²) in [5, 5.41) is 0. The molecule has 0 heterocycles. The second-order valence-corrected chi connectivity index (χ2v) is 5.86. The maximum absolute atomic E-state index is 3.64. The molecule has 2 aromatic carbocycles. The fourth-order valence-corrected chi connectivity index (χ4v) is 2.39. The van der Waals surface area contributed by atoms with Crippen LogP contribution in [-0.4, -0.2) is 0 Å². The predicted molar refractivity (Wildman–Crippen MR) is 92.7 cm³/mol. The van der Waals surface area contributed by atoms with Crippen LogP contribution in [0.25, 0.3) is 6.08 Å². The van der Waals surface area contributed by atoms with Crippen LogP contribution < -0.4 is 0 Å². The Kier molecular flexibility index (Phi) is 5.20. The lowest BCUT2D eigenvalue weighted by atomic mass is 9.98. The van der Waals surface area contributed by atoms with Crippen LogP contribution in [0, 0.1) is 20.8 Å². The second-order valence-electron chi connectivity index (χ2n) is 5.86. The van der Waals surface area contributed by atoms with Crippen molar-refractivity contribution in [3.63, 3.8) is 0 Å². The molecule has 0 saturated heterocycles. The van der Waals surface area contributed by atoms with Gasteiger partial charge in [0, 0.05) is 0 Å². The first-order chi connectivity index (χ1) is 10.1. The zero-order valence-electron chi connectivity index (χ0n) is 13.3. The Morgan fingerprint density at radius 2 is 1.52 bits per heavy atom. The highest BCUT2D eigenvalue weighted by atomic mass is 14.3. The number of hydrogen-bond acceptors (Lipinski definition) is 0. The Morgan fingerprint density at radius 1 is 0.952 bits per heavy atom. The Hall–Kier alpha value is -2.04. The van der Waals surface area contributed by atoms with Crippen molar-refractivity contribution in [3.05, 3.63) is 82.6 Å². The average Bonchev–Trinajstić information content (AvgIpc) is 3.30. The Bertz CT molecular complexity index is 615. The van der Waals surface area contributed by atoms with Crippen LogP contribution in [0.5, 0.6) is 0 Å². The van der Waals surface area contributed by atoms with Crippen LogP contribution in [0.1, 0.15) is 46.6 Å². The summed E-state index contributed by atoms with van der Waals surface area (Å²) in [6.45, 7) is 9.98. The van der Waals surface area contributed by atoms with E-state index < -0.39 is 0 Å². The molecule has 0 unspecified atom stereocenters. The third kappa shape index (κ3) is 4.48. The van der Waals surface area contributed by atoms with E-state index in [1.54, 1.807) is 0 Å². The molecule has 1 fully saturated rings. The molecule has 21 heavy (non-hydrogen) atoms. The molecule has 0 N–H and O–H groups in total. The zero-order valence-corrected chi connectivity index (χ0v) is 13.3. The van der Waals surface area contributed by atoms with Crippen molar-refractivity contribution in [2.24, 2.45) is 0 Å². The quantitative estimate of drug-likeness (QED) is 0.592. The lowest BCUT2D eigenvalue weighted by molar-refractivity contribution is 1.11. The topological polar surface area (TPSA) is 0 Å². The van der Waals surface area contributed by atoms with Gasteiger partial charge in [-0.05, 0) is 62.3 Å². The van der Waals surface area contributed by atoms with Crippen molar-refractivity contribution in [2.75, 3.05) is 0 Å². The van der Waals surface area contributed by atoms with Crippen LogP contribution in [-0.2, 0) is 0 Å². The summed E-state index contributed by atoms with van der Waals surface area (Å²) < 4.78 is 0. The molecular formula is C21H24. The van der Waals surface area contributed by atoms with E-state index >= 15 is 0 Å². The van der Waals surface area contributed by atoms with Crippen molar-refractivity contribution in [2.45, 2.75) is 39.5 Å². The van der Waals surface area contributed by atoms with Gasteiger partial charge in [-0.2, -0.15) is 0 Å². The molecule has 0 bridgehead atoms. The van der Waals surface area contributed by atoms with Crippen LogP contribution >= 0.6 is 0 Å². The van der Waals surface area contributed by atoms with Gasteiger partial charge in [-0.25, -0.2) is 0 Å². The van der Waals surface area contributed by atoms with Crippen molar-refractivity contribution in [1.29, 1.82) is 0 Å². The molecule has 1 aliphatic carbocycles. The minimum absolute atomic E-state index is 0.805. The lowest BCUT2D eigenvalue weighted by Gasteiger charge is -2.06. The van der Waals surface area contributed by atoms with E-state index in [4.69, 9.17) is 0 Å². The van der Waals surface area contributed by atoms with E-state index in [0.29, 0.717) is 0 Å². The van der Waals surface area contributed by atoms with Gasteiger partial charge in [0.05, 0.1) is 0 Å². The number of benzene rings is 2. The van der Waals surface area contributed by atoms with Gasteiger partial charge in [0.2, 0.25) is 0 Å². The zero-order chi connectivity index (χ0) is 15.2. The van der Waals surface area contributed by atoms with Crippen molar-refractivity contribution >= 4 is 6.08 Å². The highest BCUT2D eigenvalue weighted by Crippen LogP contribution is 2.42. The summed E-state index contributed by atoms with van der Waals surface area (Å²) in [5.41, 5.74) is 9.68. The minimum atomic E-state index is 0.805. The average molecular weight is 276 g/mol. The van der Waals surface area contributed by atoms with Crippen molar-refractivity contribution in [1.82, 2.24) is 0 Å². The van der Waals surface area contributed by atoms with Gasteiger partial charge in [0.15, 0.2) is 0 Å². The first-order valence-corrected chi connectivity index (χ1v) is 7.60.